The Labute approximate surface area is 114 Å². The fraction of sp³-hybridized carbons (Fsp3) is 0.0714. The molecular weight excluding hydrogens is 260 g/mol. The van der Waals surface area contributed by atoms with Gasteiger partial charge in [0.15, 0.2) is 0 Å². The van der Waals surface area contributed by atoms with Crippen LogP contribution < -0.4 is 9.47 Å². The lowest BCUT2D eigenvalue weighted by molar-refractivity contribution is -0.385. The van der Waals surface area contributed by atoms with E-state index < -0.39 is 4.92 Å². The quantitative estimate of drug-likeness (QED) is 0.628. The van der Waals surface area contributed by atoms with Crippen LogP contribution in [0.2, 0.25) is 0 Å². The van der Waals surface area contributed by atoms with Gasteiger partial charge < -0.3 is 9.47 Å². The standard InChI is InChI=1S/C14H10N2O4/c1-19-11-5-6-14(13(8-11)16(17)18)20-12-4-2-3-10(7-12)9-15/h2-8H,1H3. The van der Waals surface area contributed by atoms with E-state index in [9.17, 15) is 10.1 Å². The first-order chi connectivity index (χ1) is 9.63. The molecule has 0 spiro atoms. The molecule has 2 aromatic rings. The number of rotatable bonds is 4. The molecule has 20 heavy (non-hydrogen) atoms. The van der Waals surface area contributed by atoms with Crippen molar-refractivity contribution in [1.82, 2.24) is 0 Å². The van der Waals surface area contributed by atoms with Crippen LogP contribution in [0.5, 0.6) is 17.2 Å². The van der Waals surface area contributed by atoms with E-state index in [1.807, 2.05) is 6.07 Å². The molecule has 6 heteroatoms. The van der Waals surface area contributed by atoms with Crippen LogP contribution in [0.3, 0.4) is 0 Å². The van der Waals surface area contributed by atoms with Gasteiger partial charge in [0.2, 0.25) is 5.75 Å². The summed E-state index contributed by atoms with van der Waals surface area (Å²) in [7, 11) is 1.43. The molecular formula is C14H10N2O4. The Morgan fingerprint density at radius 3 is 2.65 bits per heavy atom. The predicted molar refractivity (Wildman–Crippen MR) is 70.9 cm³/mol. The number of benzene rings is 2. The third kappa shape index (κ3) is 2.84. The molecule has 6 nitrogen and oxygen atoms in total. The van der Waals surface area contributed by atoms with Gasteiger partial charge in [-0.1, -0.05) is 6.07 Å². The second kappa shape index (κ2) is 5.71. The van der Waals surface area contributed by atoms with E-state index in [-0.39, 0.29) is 11.4 Å². The highest BCUT2D eigenvalue weighted by Crippen LogP contribution is 2.34. The monoisotopic (exact) mass is 270 g/mol. The summed E-state index contributed by atoms with van der Waals surface area (Å²) >= 11 is 0. The predicted octanol–water partition coefficient (Wildman–Crippen LogP) is 3.27. The fourth-order valence-electron chi connectivity index (χ4n) is 1.61. The number of nitro groups is 1. The Morgan fingerprint density at radius 2 is 2.00 bits per heavy atom. The highest BCUT2D eigenvalue weighted by atomic mass is 16.6. The van der Waals surface area contributed by atoms with Crippen molar-refractivity contribution < 1.29 is 14.4 Å². The van der Waals surface area contributed by atoms with Crippen molar-refractivity contribution >= 4 is 5.69 Å². The first-order valence-electron chi connectivity index (χ1n) is 5.64. The lowest BCUT2D eigenvalue weighted by atomic mass is 10.2. The van der Waals surface area contributed by atoms with Gasteiger partial charge in [-0.3, -0.25) is 10.1 Å². The lowest BCUT2D eigenvalue weighted by Gasteiger charge is -2.07. The lowest BCUT2D eigenvalue weighted by Crippen LogP contribution is -1.95. The Kier molecular flexibility index (Phi) is 3.82. The zero-order valence-electron chi connectivity index (χ0n) is 10.6. The molecule has 0 aromatic heterocycles. The molecule has 0 aliphatic rings. The second-order valence-corrected chi connectivity index (χ2v) is 3.83. The smallest absolute Gasteiger partial charge is 0.315 e. The molecule has 0 fully saturated rings. The van der Waals surface area contributed by atoms with E-state index in [1.165, 1.54) is 25.3 Å². The van der Waals surface area contributed by atoms with Gasteiger partial charge in [-0.05, 0) is 30.3 Å². The number of methoxy groups -OCH3 is 1. The molecule has 0 saturated heterocycles. The fourth-order valence-corrected chi connectivity index (χ4v) is 1.61. The topological polar surface area (TPSA) is 85.4 Å². The molecule has 0 radical (unpaired) electrons. The number of nitrogens with zero attached hydrogens (tertiary/aromatic N) is 2. The molecule has 0 amide bonds. The minimum Gasteiger partial charge on any atom is -0.496 e. The van der Waals surface area contributed by atoms with Crippen molar-refractivity contribution in [3.8, 4) is 23.3 Å². The van der Waals surface area contributed by atoms with Crippen LogP contribution >= 0.6 is 0 Å². The van der Waals surface area contributed by atoms with Crippen LogP contribution in [0.15, 0.2) is 42.5 Å². The molecule has 0 N–H and O–H groups in total. The molecule has 2 aromatic carbocycles. The van der Waals surface area contributed by atoms with E-state index in [0.717, 1.165) is 0 Å². The average Bonchev–Trinajstić information content (AvgIpc) is 2.47. The molecule has 0 atom stereocenters. The Bertz CT molecular complexity index is 692. The highest BCUT2D eigenvalue weighted by molar-refractivity contribution is 5.53. The maximum absolute atomic E-state index is 11.0. The Balaban J connectivity index is 2.37. The van der Waals surface area contributed by atoms with Gasteiger partial charge in [-0.25, -0.2) is 0 Å². The molecule has 100 valence electrons. The van der Waals surface area contributed by atoms with Crippen molar-refractivity contribution in [2.45, 2.75) is 0 Å². The van der Waals surface area contributed by atoms with Crippen LogP contribution in [0, 0.1) is 21.4 Å². The summed E-state index contributed by atoms with van der Waals surface area (Å²) < 4.78 is 10.4. The summed E-state index contributed by atoms with van der Waals surface area (Å²) in [5.41, 5.74) is 0.213. The molecule has 0 heterocycles. The van der Waals surface area contributed by atoms with Gasteiger partial charge in [0.05, 0.1) is 29.7 Å². The Morgan fingerprint density at radius 1 is 1.20 bits per heavy atom. The number of hydrogen-bond acceptors (Lipinski definition) is 5. The van der Waals surface area contributed by atoms with Crippen LogP contribution in [0.4, 0.5) is 5.69 Å². The highest BCUT2D eigenvalue weighted by Gasteiger charge is 2.17. The first-order valence-corrected chi connectivity index (χ1v) is 5.64. The van der Waals surface area contributed by atoms with E-state index in [4.69, 9.17) is 14.7 Å². The second-order valence-electron chi connectivity index (χ2n) is 3.83. The van der Waals surface area contributed by atoms with Crippen molar-refractivity contribution in [3.05, 3.63) is 58.1 Å². The largest absolute Gasteiger partial charge is 0.496 e. The minimum atomic E-state index is -0.550. The zero-order chi connectivity index (χ0) is 14.5. The van der Waals surface area contributed by atoms with Gasteiger partial charge in [0.1, 0.15) is 11.5 Å². The molecule has 0 aliphatic carbocycles. The van der Waals surface area contributed by atoms with Crippen LogP contribution in [0.1, 0.15) is 5.56 Å². The van der Waals surface area contributed by atoms with Crippen molar-refractivity contribution in [2.75, 3.05) is 7.11 Å². The van der Waals surface area contributed by atoms with Gasteiger partial charge >= 0.3 is 5.69 Å². The Hall–Kier alpha value is -3.07. The van der Waals surface area contributed by atoms with Crippen molar-refractivity contribution in [1.29, 1.82) is 5.26 Å². The van der Waals surface area contributed by atoms with Crippen LogP contribution in [-0.2, 0) is 0 Å². The van der Waals surface area contributed by atoms with Gasteiger partial charge in [0, 0.05) is 0 Å². The van der Waals surface area contributed by atoms with Gasteiger partial charge in [0.25, 0.3) is 0 Å². The number of nitro benzene ring substituents is 1. The summed E-state index contributed by atoms with van der Waals surface area (Å²) in [6, 6.07) is 12.7. The van der Waals surface area contributed by atoms with Crippen LogP contribution in [-0.4, -0.2) is 12.0 Å². The minimum absolute atomic E-state index is 0.0888. The average molecular weight is 270 g/mol. The molecule has 0 unspecified atom stereocenters. The summed E-state index contributed by atoms with van der Waals surface area (Å²) in [4.78, 5) is 10.5. The summed E-state index contributed by atoms with van der Waals surface area (Å²) in [5, 5.41) is 19.8. The molecule has 0 bridgehead atoms. The normalized spacial score (nSPS) is 9.60. The molecule has 0 saturated carbocycles. The first kappa shape index (κ1) is 13.4. The summed E-state index contributed by atoms with van der Waals surface area (Å²) in [6.07, 6.45) is 0. The number of ether oxygens (including phenoxy) is 2. The third-order valence-corrected chi connectivity index (χ3v) is 2.55. The van der Waals surface area contributed by atoms with Gasteiger partial charge in [-0.2, -0.15) is 5.26 Å². The van der Waals surface area contributed by atoms with Crippen molar-refractivity contribution in [2.24, 2.45) is 0 Å². The SMILES string of the molecule is COc1ccc(Oc2cccc(C#N)c2)c([N+](=O)[O-])c1. The van der Waals surface area contributed by atoms with E-state index in [1.54, 1.807) is 24.3 Å². The summed E-state index contributed by atoms with van der Waals surface area (Å²) in [5.74, 6) is 0.818. The van der Waals surface area contributed by atoms with E-state index in [0.29, 0.717) is 17.1 Å². The van der Waals surface area contributed by atoms with Crippen molar-refractivity contribution in [3.63, 3.8) is 0 Å². The molecule has 2 rings (SSSR count). The number of nitriles is 1. The third-order valence-electron chi connectivity index (χ3n) is 2.55. The number of hydrogen-bond donors (Lipinski definition) is 0. The summed E-state index contributed by atoms with van der Waals surface area (Å²) in [6.45, 7) is 0. The maximum atomic E-state index is 11.0. The maximum Gasteiger partial charge on any atom is 0.315 e. The van der Waals surface area contributed by atoms with Crippen LogP contribution in [0.25, 0.3) is 0 Å². The zero-order valence-corrected chi connectivity index (χ0v) is 10.6. The molecule has 0 aliphatic heterocycles. The van der Waals surface area contributed by atoms with E-state index >= 15 is 0 Å². The van der Waals surface area contributed by atoms with Gasteiger partial charge in [-0.15, -0.1) is 0 Å². The van der Waals surface area contributed by atoms with E-state index in [2.05, 4.69) is 0 Å².